The average Bonchev–Trinajstić information content (AvgIpc) is 2.62. The van der Waals surface area contributed by atoms with Crippen molar-refractivity contribution < 1.29 is 0 Å². The van der Waals surface area contributed by atoms with E-state index in [0.717, 1.165) is 36.8 Å². The molecule has 0 radical (unpaired) electrons. The quantitative estimate of drug-likeness (QED) is 0.730. The van der Waals surface area contributed by atoms with Gasteiger partial charge in [0.1, 0.15) is 0 Å². The molecule has 3 nitrogen and oxygen atoms in total. The molecular weight excluding hydrogens is 162 g/mol. The van der Waals surface area contributed by atoms with Crippen molar-refractivity contribution in [3.8, 4) is 0 Å². The second kappa shape index (κ2) is 3.83. The lowest BCUT2D eigenvalue weighted by atomic mass is 10.0. The van der Waals surface area contributed by atoms with Crippen molar-refractivity contribution >= 4 is 0 Å². The Hall–Kier alpha value is -0.960. The molecule has 0 bridgehead atoms. The van der Waals surface area contributed by atoms with Crippen LogP contribution in [-0.4, -0.2) is 23.1 Å². The maximum atomic E-state index is 4.35. The molecule has 1 fully saturated rings. The van der Waals surface area contributed by atoms with Crippen LogP contribution in [0.3, 0.4) is 0 Å². The van der Waals surface area contributed by atoms with Gasteiger partial charge in [0, 0.05) is 12.4 Å². The lowest BCUT2D eigenvalue weighted by Crippen LogP contribution is -2.11. The van der Waals surface area contributed by atoms with Crippen LogP contribution in [-0.2, 0) is 6.42 Å². The van der Waals surface area contributed by atoms with Crippen molar-refractivity contribution in [3.63, 3.8) is 0 Å². The number of nitrogens with zero attached hydrogens (tertiary/aromatic N) is 2. The molecule has 0 aliphatic carbocycles. The highest BCUT2D eigenvalue weighted by atomic mass is 14.9. The summed E-state index contributed by atoms with van der Waals surface area (Å²) in [5.74, 6) is 0.761. The number of rotatable bonds is 2. The lowest BCUT2D eigenvalue weighted by molar-refractivity contribution is 0.570. The third-order valence-corrected chi connectivity index (χ3v) is 2.49. The first kappa shape index (κ1) is 8.63. The molecule has 0 saturated carbocycles. The summed E-state index contributed by atoms with van der Waals surface area (Å²) in [6, 6.07) is 0. The van der Waals surface area contributed by atoms with Gasteiger partial charge in [0.15, 0.2) is 0 Å². The predicted octanol–water partition coefficient (Wildman–Crippen LogP) is 0.937. The summed E-state index contributed by atoms with van der Waals surface area (Å²) in [5.41, 5.74) is 2.12. The summed E-state index contributed by atoms with van der Waals surface area (Å²) in [6.07, 6.45) is 6.08. The minimum Gasteiger partial charge on any atom is -0.316 e. The Bertz CT molecular complexity index is 262. The van der Waals surface area contributed by atoms with E-state index in [1.807, 2.05) is 19.3 Å². The van der Waals surface area contributed by atoms with E-state index in [2.05, 4.69) is 15.3 Å². The van der Waals surface area contributed by atoms with Crippen LogP contribution in [0.1, 0.15) is 17.8 Å². The molecule has 1 atom stereocenters. The Morgan fingerprint density at radius 3 is 3.00 bits per heavy atom. The third-order valence-electron chi connectivity index (χ3n) is 2.49. The zero-order valence-corrected chi connectivity index (χ0v) is 7.95. The fraction of sp³-hybridized carbons (Fsp3) is 0.600. The molecular formula is C10H15N3. The van der Waals surface area contributed by atoms with Crippen LogP contribution >= 0.6 is 0 Å². The molecule has 2 heterocycles. The second-order valence-corrected chi connectivity index (χ2v) is 3.71. The normalized spacial score (nSPS) is 22.1. The SMILES string of the molecule is Cc1cnc(CC2CCNC2)cn1. The molecule has 1 aliphatic rings. The lowest BCUT2D eigenvalue weighted by Gasteiger charge is -2.06. The molecule has 1 aliphatic heterocycles. The predicted molar refractivity (Wildman–Crippen MR) is 51.4 cm³/mol. The topological polar surface area (TPSA) is 37.8 Å². The van der Waals surface area contributed by atoms with Crippen molar-refractivity contribution in [2.24, 2.45) is 5.92 Å². The van der Waals surface area contributed by atoms with Gasteiger partial charge >= 0.3 is 0 Å². The van der Waals surface area contributed by atoms with Crippen molar-refractivity contribution in [1.82, 2.24) is 15.3 Å². The standard InChI is InChI=1S/C10H15N3/c1-8-5-13-10(7-12-8)4-9-2-3-11-6-9/h5,7,9,11H,2-4,6H2,1H3. The highest BCUT2D eigenvalue weighted by molar-refractivity contribution is 5.02. The molecule has 0 amide bonds. The van der Waals surface area contributed by atoms with Gasteiger partial charge in [0.25, 0.3) is 0 Å². The molecule has 2 rings (SSSR count). The number of aryl methyl sites for hydroxylation is 1. The van der Waals surface area contributed by atoms with Crippen LogP contribution < -0.4 is 5.32 Å². The Morgan fingerprint density at radius 1 is 1.46 bits per heavy atom. The maximum Gasteiger partial charge on any atom is 0.0590 e. The van der Waals surface area contributed by atoms with Crippen LogP contribution in [0.4, 0.5) is 0 Å². The minimum atomic E-state index is 0.761. The summed E-state index contributed by atoms with van der Waals surface area (Å²) in [6.45, 7) is 4.26. The van der Waals surface area contributed by atoms with E-state index in [1.165, 1.54) is 6.42 Å². The number of hydrogen-bond acceptors (Lipinski definition) is 3. The van der Waals surface area contributed by atoms with Gasteiger partial charge in [-0.2, -0.15) is 0 Å². The highest BCUT2D eigenvalue weighted by Crippen LogP contribution is 2.12. The largest absolute Gasteiger partial charge is 0.316 e. The molecule has 0 spiro atoms. The Morgan fingerprint density at radius 2 is 2.38 bits per heavy atom. The molecule has 1 aromatic heterocycles. The van der Waals surface area contributed by atoms with E-state index in [9.17, 15) is 0 Å². The van der Waals surface area contributed by atoms with Crippen LogP contribution in [0.15, 0.2) is 12.4 Å². The van der Waals surface area contributed by atoms with E-state index < -0.39 is 0 Å². The van der Waals surface area contributed by atoms with Crippen molar-refractivity contribution in [2.75, 3.05) is 13.1 Å². The van der Waals surface area contributed by atoms with Crippen LogP contribution in [0, 0.1) is 12.8 Å². The molecule has 1 aromatic rings. The van der Waals surface area contributed by atoms with Gasteiger partial charge in [-0.3, -0.25) is 9.97 Å². The van der Waals surface area contributed by atoms with Gasteiger partial charge < -0.3 is 5.32 Å². The highest BCUT2D eigenvalue weighted by Gasteiger charge is 2.15. The van der Waals surface area contributed by atoms with Crippen molar-refractivity contribution in [3.05, 3.63) is 23.8 Å². The fourth-order valence-corrected chi connectivity index (χ4v) is 1.71. The second-order valence-electron chi connectivity index (χ2n) is 3.71. The summed E-state index contributed by atoms with van der Waals surface area (Å²) in [5, 5.41) is 3.36. The van der Waals surface area contributed by atoms with Crippen LogP contribution in [0.25, 0.3) is 0 Å². The van der Waals surface area contributed by atoms with Crippen LogP contribution in [0.5, 0.6) is 0 Å². The zero-order valence-electron chi connectivity index (χ0n) is 7.95. The first-order valence-electron chi connectivity index (χ1n) is 4.83. The van der Waals surface area contributed by atoms with Gasteiger partial charge in [-0.15, -0.1) is 0 Å². The summed E-state index contributed by atoms with van der Waals surface area (Å²) >= 11 is 0. The summed E-state index contributed by atoms with van der Waals surface area (Å²) < 4.78 is 0. The summed E-state index contributed by atoms with van der Waals surface area (Å²) in [7, 11) is 0. The van der Waals surface area contributed by atoms with E-state index in [-0.39, 0.29) is 0 Å². The fourth-order valence-electron chi connectivity index (χ4n) is 1.71. The van der Waals surface area contributed by atoms with Crippen molar-refractivity contribution in [2.45, 2.75) is 19.8 Å². The molecule has 70 valence electrons. The van der Waals surface area contributed by atoms with Gasteiger partial charge in [0.2, 0.25) is 0 Å². The zero-order chi connectivity index (χ0) is 9.10. The Labute approximate surface area is 78.6 Å². The average molecular weight is 177 g/mol. The Kier molecular flexibility index (Phi) is 2.54. The number of aromatic nitrogens is 2. The van der Waals surface area contributed by atoms with E-state index in [4.69, 9.17) is 0 Å². The number of hydrogen-bond donors (Lipinski definition) is 1. The van der Waals surface area contributed by atoms with Gasteiger partial charge in [-0.25, -0.2) is 0 Å². The Balaban J connectivity index is 1.97. The first-order chi connectivity index (χ1) is 6.34. The van der Waals surface area contributed by atoms with E-state index in [0.29, 0.717) is 0 Å². The minimum absolute atomic E-state index is 0.761. The first-order valence-corrected chi connectivity index (χ1v) is 4.83. The van der Waals surface area contributed by atoms with Gasteiger partial charge in [0.05, 0.1) is 11.4 Å². The van der Waals surface area contributed by atoms with Gasteiger partial charge in [-0.1, -0.05) is 0 Å². The van der Waals surface area contributed by atoms with Gasteiger partial charge in [-0.05, 0) is 38.8 Å². The molecule has 1 unspecified atom stereocenters. The molecule has 3 heteroatoms. The summed E-state index contributed by atoms with van der Waals surface area (Å²) in [4.78, 5) is 8.59. The monoisotopic (exact) mass is 177 g/mol. The van der Waals surface area contributed by atoms with E-state index >= 15 is 0 Å². The smallest absolute Gasteiger partial charge is 0.0590 e. The van der Waals surface area contributed by atoms with Crippen LogP contribution in [0.2, 0.25) is 0 Å². The maximum absolute atomic E-state index is 4.35. The molecule has 13 heavy (non-hydrogen) atoms. The van der Waals surface area contributed by atoms with E-state index in [1.54, 1.807) is 0 Å². The third kappa shape index (κ3) is 2.25. The van der Waals surface area contributed by atoms with Crippen molar-refractivity contribution in [1.29, 1.82) is 0 Å². The molecule has 1 N–H and O–H groups in total. The molecule has 0 aromatic carbocycles. The number of nitrogens with one attached hydrogen (secondary N) is 1. The molecule has 1 saturated heterocycles.